The summed E-state index contributed by atoms with van der Waals surface area (Å²) in [6.45, 7) is 4.71. The second-order valence-corrected chi connectivity index (χ2v) is 8.88. The first-order valence-electron chi connectivity index (χ1n) is 9.79. The van der Waals surface area contributed by atoms with E-state index in [4.69, 9.17) is 16.3 Å². The monoisotopic (exact) mass is 423 g/mol. The van der Waals surface area contributed by atoms with Crippen molar-refractivity contribution in [3.8, 4) is 11.8 Å². The molecule has 1 fully saturated rings. The summed E-state index contributed by atoms with van der Waals surface area (Å²) in [5, 5.41) is 10.1. The van der Waals surface area contributed by atoms with Gasteiger partial charge in [0, 0.05) is 28.9 Å². The molecule has 1 saturated heterocycles. The predicted molar refractivity (Wildman–Crippen MR) is 112 cm³/mol. The minimum atomic E-state index is -0.839. The minimum Gasteiger partial charge on any atom is -0.367 e. The average Bonchev–Trinajstić information content (AvgIpc) is 3.20. The Bertz CT molecular complexity index is 1080. The summed E-state index contributed by atoms with van der Waals surface area (Å²) in [6.07, 6.45) is 3.87. The smallest absolute Gasteiger partial charge is 0.271 e. The fourth-order valence-electron chi connectivity index (χ4n) is 4.37. The van der Waals surface area contributed by atoms with E-state index in [1.807, 2.05) is 48.9 Å². The van der Waals surface area contributed by atoms with Gasteiger partial charge in [0.2, 0.25) is 0 Å². The maximum absolute atomic E-state index is 13.4. The molecule has 0 saturated carbocycles. The number of allylic oxidation sites excluding steroid dienone is 1. The van der Waals surface area contributed by atoms with Crippen molar-refractivity contribution in [1.29, 1.82) is 5.26 Å². The number of nitrogens with zero attached hydrogens (tertiary/aromatic N) is 3. The van der Waals surface area contributed by atoms with Crippen molar-refractivity contribution in [2.24, 2.45) is 5.41 Å². The van der Waals surface area contributed by atoms with E-state index in [1.54, 1.807) is 29.2 Å². The molecule has 2 heterocycles. The van der Waals surface area contributed by atoms with Crippen molar-refractivity contribution in [2.75, 3.05) is 19.7 Å². The Morgan fingerprint density at radius 1 is 1.23 bits per heavy atom. The van der Waals surface area contributed by atoms with Crippen LogP contribution in [0.5, 0.6) is 0 Å². The van der Waals surface area contributed by atoms with Crippen molar-refractivity contribution in [1.82, 2.24) is 9.47 Å². The van der Waals surface area contributed by atoms with Crippen LogP contribution in [0.4, 0.5) is 0 Å². The third kappa shape index (κ3) is 3.55. The minimum absolute atomic E-state index is 0.102. The maximum atomic E-state index is 13.4. The van der Waals surface area contributed by atoms with Crippen LogP contribution in [-0.4, -0.2) is 46.5 Å². The molecule has 6 nitrogen and oxygen atoms in total. The lowest BCUT2D eigenvalue weighted by Gasteiger charge is -2.46. The van der Waals surface area contributed by atoms with Gasteiger partial charge in [-0.05, 0) is 48.9 Å². The number of benzene rings is 1. The van der Waals surface area contributed by atoms with Crippen LogP contribution < -0.4 is 0 Å². The van der Waals surface area contributed by atoms with Gasteiger partial charge in [-0.25, -0.2) is 0 Å². The summed E-state index contributed by atoms with van der Waals surface area (Å²) in [5.74, 6) is -0.307. The third-order valence-electron chi connectivity index (χ3n) is 5.70. The molecule has 1 spiro atoms. The van der Waals surface area contributed by atoms with Crippen molar-refractivity contribution in [3.63, 3.8) is 0 Å². The molecule has 0 bridgehead atoms. The second-order valence-electron chi connectivity index (χ2n) is 8.44. The Hall–Kier alpha value is -2.88. The number of ketones is 1. The standard InChI is InChI=1S/C23H22ClN3O3/c1-22(2)14-23(12-16(13-25)20(22)28)15-26(10-11-30-23)21(29)19-4-3-9-27(19)18-7-5-17(24)6-8-18/h3-9,12H,10-11,14-15H2,1-2H3. The van der Waals surface area contributed by atoms with Crippen LogP contribution in [-0.2, 0) is 9.53 Å². The fraction of sp³-hybridized carbons (Fsp3) is 0.348. The molecule has 2 aliphatic rings. The number of nitriles is 1. The second kappa shape index (κ2) is 7.42. The molecule has 30 heavy (non-hydrogen) atoms. The Balaban J connectivity index is 1.64. The van der Waals surface area contributed by atoms with Crippen molar-refractivity contribution >= 4 is 23.3 Å². The third-order valence-corrected chi connectivity index (χ3v) is 5.95. The highest BCUT2D eigenvalue weighted by Crippen LogP contribution is 2.41. The van der Waals surface area contributed by atoms with E-state index in [0.717, 1.165) is 5.69 Å². The van der Waals surface area contributed by atoms with Crippen molar-refractivity contribution in [2.45, 2.75) is 25.9 Å². The topological polar surface area (TPSA) is 75.3 Å². The number of Topliss-reactive ketones (excluding diaryl/α,β-unsaturated/α-hetero) is 1. The lowest BCUT2D eigenvalue weighted by atomic mass is 9.69. The number of carbonyl (C=O) groups is 2. The van der Waals surface area contributed by atoms with Gasteiger partial charge in [0.15, 0.2) is 5.78 Å². The highest BCUT2D eigenvalue weighted by molar-refractivity contribution is 6.30. The number of hydrogen-bond acceptors (Lipinski definition) is 4. The molecule has 1 atom stereocenters. The van der Waals surface area contributed by atoms with Crippen LogP contribution in [0.3, 0.4) is 0 Å². The van der Waals surface area contributed by atoms with E-state index in [-0.39, 0.29) is 17.3 Å². The molecule has 0 N–H and O–H groups in total. The Morgan fingerprint density at radius 3 is 2.67 bits per heavy atom. The molecule has 7 heteroatoms. The van der Waals surface area contributed by atoms with Crippen LogP contribution in [0, 0.1) is 16.7 Å². The lowest BCUT2D eigenvalue weighted by molar-refractivity contribution is -0.134. The van der Waals surface area contributed by atoms with Gasteiger partial charge in [-0.15, -0.1) is 0 Å². The predicted octanol–water partition coefficient (Wildman–Crippen LogP) is 3.79. The van der Waals surface area contributed by atoms with E-state index in [2.05, 4.69) is 0 Å². The Morgan fingerprint density at radius 2 is 1.97 bits per heavy atom. The molecule has 1 amide bonds. The summed E-state index contributed by atoms with van der Waals surface area (Å²) in [6, 6.07) is 12.9. The number of amides is 1. The number of halogens is 1. The van der Waals surface area contributed by atoms with Gasteiger partial charge in [-0.1, -0.05) is 25.4 Å². The number of ether oxygens (including phenoxy) is 1. The molecule has 2 aromatic rings. The van der Waals surface area contributed by atoms with Gasteiger partial charge in [-0.2, -0.15) is 5.26 Å². The highest BCUT2D eigenvalue weighted by Gasteiger charge is 2.48. The number of rotatable bonds is 2. The van der Waals surface area contributed by atoms with Crippen LogP contribution in [0.1, 0.15) is 30.8 Å². The first kappa shape index (κ1) is 20.4. The Kier molecular flexibility index (Phi) is 5.05. The van der Waals surface area contributed by atoms with Gasteiger partial charge >= 0.3 is 0 Å². The highest BCUT2D eigenvalue weighted by atomic mass is 35.5. The molecule has 1 aromatic heterocycles. The molecule has 4 rings (SSSR count). The van der Waals surface area contributed by atoms with Gasteiger partial charge < -0.3 is 14.2 Å². The summed E-state index contributed by atoms with van der Waals surface area (Å²) < 4.78 is 7.88. The van der Waals surface area contributed by atoms with Crippen LogP contribution in [0.2, 0.25) is 5.02 Å². The fourth-order valence-corrected chi connectivity index (χ4v) is 4.50. The zero-order chi connectivity index (χ0) is 21.5. The summed E-state index contributed by atoms with van der Waals surface area (Å²) in [5.41, 5.74) is -0.0920. The first-order chi connectivity index (χ1) is 14.2. The number of hydrogen-bond donors (Lipinski definition) is 0. The van der Waals surface area contributed by atoms with E-state index in [1.165, 1.54) is 0 Å². The SMILES string of the molecule is CC1(C)CC2(C=C(C#N)C1=O)CN(C(=O)c1cccn1-c1ccc(Cl)cc1)CCO2. The summed E-state index contributed by atoms with van der Waals surface area (Å²) >= 11 is 5.99. The zero-order valence-corrected chi connectivity index (χ0v) is 17.6. The molecular formula is C23H22ClN3O3. The molecule has 1 aliphatic carbocycles. The van der Waals surface area contributed by atoms with Crippen LogP contribution in [0.25, 0.3) is 5.69 Å². The molecule has 1 aromatic carbocycles. The zero-order valence-electron chi connectivity index (χ0n) is 16.9. The van der Waals surface area contributed by atoms with E-state index < -0.39 is 11.0 Å². The molecule has 0 radical (unpaired) electrons. The molecular weight excluding hydrogens is 402 g/mol. The number of aromatic nitrogens is 1. The van der Waals surface area contributed by atoms with Crippen LogP contribution >= 0.6 is 11.6 Å². The van der Waals surface area contributed by atoms with E-state index in [0.29, 0.717) is 36.8 Å². The largest absolute Gasteiger partial charge is 0.367 e. The first-order valence-corrected chi connectivity index (χ1v) is 10.2. The lowest BCUT2D eigenvalue weighted by Crippen LogP contribution is -2.57. The van der Waals surface area contributed by atoms with Gasteiger partial charge in [0.1, 0.15) is 17.4 Å². The van der Waals surface area contributed by atoms with E-state index in [9.17, 15) is 14.9 Å². The van der Waals surface area contributed by atoms with Gasteiger partial charge in [0.05, 0.1) is 18.7 Å². The maximum Gasteiger partial charge on any atom is 0.271 e. The average molecular weight is 424 g/mol. The number of morpholine rings is 1. The normalized spacial score (nSPS) is 23.2. The summed E-state index contributed by atoms with van der Waals surface area (Å²) in [7, 11) is 0. The number of carbonyl (C=O) groups excluding carboxylic acids is 2. The quantitative estimate of drug-likeness (QED) is 0.736. The summed E-state index contributed by atoms with van der Waals surface area (Å²) in [4.78, 5) is 27.6. The van der Waals surface area contributed by atoms with Crippen molar-refractivity contribution < 1.29 is 14.3 Å². The van der Waals surface area contributed by atoms with Gasteiger partial charge in [-0.3, -0.25) is 9.59 Å². The molecule has 154 valence electrons. The molecule has 1 aliphatic heterocycles. The molecule has 1 unspecified atom stereocenters. The van der Waals surface area contributed by atoms with E-state index >= 15 is 0 Å². The van der Waals surface area contributed by atoms with Crippen LogP contribution in [0.15, 0.2) is 54.2 Å². The van der Waals surface area contributed by atoms with Gasteiger partial charge in [0.25, 0.3) is 5.91 Å². The van der Waals surface area contributed by atoms with Crippen molar-refractivity contribution in [3.05, 3.63) is 65.0 Å². The Labute approximate surface area is 180 Å².